The molecule has 0 aliphatic carbocycles. The highest BCUT2D eigenvalue weighted by Crippen LogP contribution is 2.23. The summed E-state index contributed by atoms with van der Waals surface area (Å²) in [5.74, 6) is 0.0990. The van der Waals surface area contributed by atoms with E-state index in [2.05, 4.69) is 10.2 Å². The summed E-state index contributed by atoms with van der Waals surface area (Å²) < 4.78 is 9.87. The number of aromatic amines is 1. The SMILES string of the molecule is COC(=O)c1n[nH]c2c1CCN(C(=O)c1cccc(OC)c1)C2. The molecule has 1 aliphatic rings. The van der Waals surface area contributed by atoms with Gasteiger partial charge in [0.05, 0.1) is 26.5 Å². The number of hydrogen-bond donors (Lipinski definition) is 1. The number of carbonyl (C=O) groups excluding carboxylic acids is 2. The van der Waals surface area contributed by atoms with Gasteiger partial charge in [0.15, 0.2) is 5.69 Å². The number of H-pyrrole nitrogens is 1. The predicted molar refractivity (Wildman–Crippen MR) is 81.4 cm³/mol. The number of rotatable bonds is 3. The second-order valence-corrected chi connectivity index (χ2v) is 5.23. The first-order valence-electron chi connectivity index (χ1n) is 7.21. The maximum Gasteiger partial charge on any atom is 0.358 e. The van der Waals surface area contributed by atoms with Crippen molar-refractivity contribution in [2.75, 3.05) is 20.8 Å². The van der Waals surface area contributed by atoms with Crippen LogP contribution in [0.5, 0.6) is 5.75 Å². The molecular weight excluding hydrogens is 298 g/mol. The molecular formula is C16H17N3O4. The standard InChI is InChI=1S/C16H17N3O4/c1-22-11-5-3-4-10(8-11)15(20)19-7-6-12-13(9-19)17-18-14(12)16(21)23-2/h3-5,8H,6-7,9H2,1-2H3,(H,17,18). The van der Waals surface area contributed by atoms with Crippen molar-refractivity contribution in [3.63, 3.8) is 0 Å². The van der Waals surface area contributed by atoms with Gasteiger partial charge in [-0.05, 0) is 24.6 Å². The Balaban J connectivity index is 1.80. The van der Waals surface area contributed by atoms with Gasteiger partial charge in [-0.3, -0.25) is 9.89 Å². The molecule has 1 amide bonds. The number of benzene rings is 1. The highest BCUT2D eigenvalue weighted by molar-refractivity contribution is 5.95. The summed E-state index contributed by atoms with van der Waals surface area (Å²) in [5.41, 5.74) is 2.47. The number of esters is 1. The van der Waals surface area contributed by atoms with Crippen LogP contribution in [0.2, 0.25) is 0 Å². The van der Waals surface area contributed by atoms with E-state index >= 15 is 0 Å². The Morgan fingerprint density at radius 1 is 1.30 bits per heavy atom. The van der Waals surface area contributed by atoms with E-state index in [-0.39, 0.29) is 5.91 Å². The number of methoxy groups -OCH3 is 2. The summed E-state index contributed by atoms with van der Waals surface area (Å²) in [6, 6.07) is 7.05. The second kappa shape index (κ2) is 6.12. The van der Waals surface area contributed by atoms with Gasteiger partial charge in [-0.2, -0.15) is 5.10 Å². The Morgan fingerprint density at radius 2 is 2.13 bits per heavy atom. The molecule has 0 saturated heterocycles. The minimum Gasteiger partial charge on any atom is -0.497 e. The Bertz CT molecular complexity index is 754. The smallest absolute Gasteiger partial charge is 0.358 e. The zero-order valence-electron chi connectivity index (χ0n) is 13.0. The van der Waals surface area contributed by atoms with Crippen LogP contribution >= 0.6 is 0 Å². The fourth-order valence-corrected chi connectivity index (χ4v) is 2.70. The van der Waals surface area contributed by atoms with Crippen LogP contribution in [0.15, 0.2) is 24.3 Å². The molecule has 1 aliphatic heterocycles. The van der Waals surface area contributed by atoms with Crippen LogP contribution in [0.25, 0.3) is 0 Å². The van der Waals surface area contributed by atoms with Gasteiger partial charge in [0.1, 0.15) is 5.75 Å². The lowest BCUT2D eigenvalue weighted by atomic mass is 10.0. The Morgan fingerprint density at radius 3 is 2.87 bits per heavy atom. The van der Waals surface area contributed by atoms with Crippen LogP contribution in [0.3, 0.4) is 0 Å². The molecule has 7 heteroatoms. The van der Waals surface area contributed by atoms with Gasteiger partial charge in [0.2, 0.25) is 0 Å². The van der Waals surface area contributed by atoms with Gasteiger partial charge in [0, 0.05) is 17.7 Å². The van der Waals surface area contributed by atoms with Gasteiger partial charge in [-0.1, -0.05) is 6.07 Å². The zero-order chi connectivity index (χ0) is 16.4. The highest BCUT2D eigenvalue weighted by Gasteiger charge is 2.28. The Hall–Kier alpha value is -2.83. The first-order chi connectivity index (χ1) is 11.1. The molecule has 0 spiro atoms. The average Bonchev–Trinajstić information content (AvgIpc) is 3.03. The largest absolute Gasteiger partial charge is 0.497 e. The predicted octanol–water partition coefficient (Wildman–Crippen LogP) is 1.40. The lowest BCUT2D eigenvalue weighted by Crippen LogP contribution is -2.36. The molecule has 0 unspecified atom stereocenters. The van der Waals surface area contributed by atoms with Crippen LogP contribution in [0.4, 0.5) is 0 Å². The maximum absolute atomic E-state index is 12.6. The molecule has 1 aromatic carbocycles. The summed E-state index contributed by atoms with van der Waals surface area (Å²) in [6.07, 6.45) is 0.561. The quantitative estimate of drug-likeness (QED) is 0.866. The molecule has 120 valence electrons. The fourth-order valence-electron chi connectivity index (χ4n) is 2.70. The summed E-state index contributed by atoms with van der Waals surface area (Å²) >= 11 is 0. The van der Waals surface area contributed by atoms with Gasteiger partial charge >= 0.3 is 5.97 Å². The molecule has 2 aromatic rings. The monoisotopic (exact) mass is 315 g/mol. The number of carbonyl (C=O) groups is 2. The van der Waals surface area contributed by atoms with E-state index in [9.17, 15) is 9.59 Å². The second-order valence-electron chi connectivity index (χ2n) is 5.23. The third kappa shape index (κ3) is 2.77. The van der Waals surface area contributed by atoms with Crippen molar-refractivity contribution in [2.24, 2.45) is 0 Å². The molecule has 7 nitrogen and oxygen atoms in total. The molecule has 23 heavy (non-hydrogen) atoms. The van der Waals surface area contributed by atoms with Gasteiger partial charge in [-0.25, -0.2) is 4.79 Å². The lowest BCUT2D eigenvalue weighted by molar-refractivity contribution is 0.0592. The number of ether oxygens (including phenoxy) is 2. The minimum absolute atomic E-state index is 0.0798. The van der Waals surface area contributed by atoms with E-state index in [1.165, 1.54) is 7.11 Å². The van der Waals surface area contributed by atoms with Crippen molar-refractivity contribution in [1.29, 1.82) is 0 Å². The minimum atomic E-state index is -0.463. The fraction of sp³-hybridized carbons (Fsp3) is 0.312. The molecule has 2 heterocycles. The van der Waals surface area contributed by atoms with Crippen molar-refractivity contribution in [3.05, 3.63) is 46.8 Å². The first kappa shape index (κ1) is 15.1. The molecule has 0 saturated carbocycles. The van der Waals surface area contributed by atoms with Crippen LogP contribution in [0.1, 0.15) is 32.1 Å². The first-order valence-corrected chi connectivity index (χ1v) is 7.21. The molecule has 1 aromatic heterocycles. The van der Waals surface area contributed by atoms with Gasteiger partial charge in [0.25, 0.3) is 5.91 Å². The molecule has 0 fully saturated rings. The van der Waals surface area contributed by atoms with E-state index < -0.39 is 5.97 Å². The third-order valence-electron chi connectivity index (χ3n) is 3.92. The number of nitrogens with zero attached hydrogens (tertiary/aromatic N) is 2. The highest BCUT2D eigenvalue weighted by atomic mass is 16.5. The van der Waals surface area contributed by atoms with E-state index in [4.69, 9.17) is 9.47 Å². The van der Waals surface area contributed by atoms with Gasteiger partial charge < -0.3 is 14.4 Å². The molecule has 0 atom stereocenters. The van der Waals surface area contributed by atoms with Crippen LogP contribution in [0, 0.1) is 0 Å². The van der Waals surface area contributed by atoms with Crippen LogP contribution < -0.4 is 4.74 Å². The Labute approximate surface area is 133 Å². The molecule has 3 rings (SSSR count). The normalized spacial score (nSPS) is 13.4. The number of nitrogens with one attached hydrogen (secondary N) is 1. The number of fused-ring (bicyclic) bond motifs is 1. The number of aromatic nitrogens is 2. The topological polar surface area (TPSA) is 84.5 Å². The number of amides is 1. The summed E-state index contributed by atoms with van der Waals surface area (Å²) in [6.45, 7) is 0.905. The number of hydrogen-bond acceptors (Lipinski definition) is 5. The Kier molecular flexibility index (Phi) is 4.01. The summed E-state index contributed by atoms with van der Waals surface area (Å²) in [5, 5.41) is 6.84. The van der Waals surface area contributed by atoms with Crippen molar-refractivity contribution in [1.82, 2.24) is 15.1 Å². The van der Waals surface area contributed by atoms with Crippen LogP contribution in [-0.2, 0) is 17.7 Å². The van der Waals surface area contributed by atoms with Crippen molar-refractivity contribution in [3.8, 4) is 5.75 Å². The van der Waals surface area contributed by atoms with Crippen molar-refractivity contribution >= 4 is 11.9 Å². The molecule has 0 radical (unpaired) electrons. The van der Waals surface area contributed by atoms with E-state index in [1.807, 2.05) is 0 Å². The third-order valence-corrected chi connectivity index (χ3v) is 3.92. The summed E-state index contributed by atoms with van der Waals surface area (Å²) in [7, 11) is 2.89. The van der Waals surface area contributed by atoms with Crippen molar-refractivity contribution in [2.45, 2.75) is 13.0 Å². The molecule has 1 N–H and O–H groups in total. The van der Waals surface area contributed by atoms with Crippen molar-refractivity contribution < 1.29 is 19.1 Å². The lowest BCUT2D eigenvalue weighted by Gasteiger charge is -2.27. The van der Waals surface area contributed by atoms with E-state index in [1.54, 1.807) is 36.3 Å². The molecule has 0 bridgehead atoms. The summed E-state index contributed by atoms with van der Waals surface area (Å²) in [4.78, 5) is 26.0. The van der Waals surface area contributed by atoms with E-state index in [0.29, 0.717) is 36.5 Å². The maximum atomic E-state index is 12.6. The van der Waals surface area contributed by atoms with E-state index in [0.717, 1.165) is 11.3 Å². The van der Waals surface area contributed by atoms with Gasteiger partial charge in [-0.15, -0.1) is 0 Å². The average molecular weight is 315 g/mol. The zero-order valence-corrected chi connectivity index (χ0v) is 13.0. The van der Waals surface area contributed by atoms with Crippen LogP contribution in [-0.4, -0.2) is 47.7 Å².